The molecule has 0 fully saturated rings. The lowest BCUT2D eigenvalue weighted by Crippen LogP contribution is -2.35. The topological polar surface area (TPSA) is 142 Å². The minimum atomic E-state index is -3.37. The second-order valence-electron chi connectivity index (χ2n) is 34.1. The van der Waals surface area contributed by atoms with Gasteiger partial charge in [-0.05, 0) is 235 Å². The fraction of sp³-hybridized carbons (Fsp3) is 0. The van der Waals surface area contributed by atoms with Gasteiger partial charge in [0, 0.05) is 0 Å². The number of rotatable bonds is 8. The van der Waals surface area contributed by atoms with Crippen LogP contribution in [0.3, 0.4) is 0 Å². The Morgan fingerprint density at radius 2 is 0.279 bits per heavy atom. The number of fused-ring (bicyclic) bond motifs is 16. The maximum atomic E-state index is 15.8. The zero-order valence-electron chi connectivity index (χ0n) is 72.6. The lowest BCUT2D eigenvalue weighted by Gasteiger charge is -2.35. The fourth-order valence-electron chi connectivity index (χ4n) is 19.7. The Balaban J connectivity index is 0.0000000972. The van der Waals surface area contributed by atoms with Crippen molar-refractivity contribution in [3.8, 4) is 181 Å². The summed E-state index contributed by atoms with van der Waals surface area (Å²) < 4.78 is 112. The predicted octanol–water partition coefficient (Wildman–Crippen LogP) is 27.5. The Morgan fingerprint density at radius 1 is 0.110 bits per heavy atom. The van der Waals surface area contributed by atoms with E-state index in [9.17, 15) is 4.57 Å². The van der Waals surface area contributed by atoms with E-state index in [2.05, 4.69) is 84.9 Å². The van der Waals surface area contributed by atoms with Gasteiger partial charge in [0.2, 0.25) is 0 Å². The molecule has 0 bridgehead atoms. The summed E-state index contributed by atoms with van der Waals surface area (Å²) in [5, 5.41) is 8.28. The molecule has 0 N–H and O–H groups in total. The molecule has 0 amide bonds. The first-order chi connectivity index (χ1) is 66.9. The monoisotopic (exact) mass is 1830 g/mol. The minimum Gasteiger partial charge on any atom is -0.456 e. The molecule has 8 heterocycles. The lowest BCUT2D eigenvalue weighted by atomic mass is 10.0. The summed E-state index contributed by atoms with van der Waals surface area (Å²) >= 11 is 0. The predicted molar refractivity (Wildman–Crippen MR) is 547 cm³/mol. The van der Waals surface area contributed by atoms with Crippen LogP contribution >= 0.6 is 28.6 Å². The van der Waals surface area contributed by atoms with Crippen molar-refractivity contribution in [2.24, 2.45) is 0 Å². The summed E-state index contributed by atoms with van der Waals surface area (Å²) in [5.41, 5.74) is 16.5. The highest BCUT2D eigenvalue weighted by Crippen LogP contribution is 2.65. The van der Waals surface area contributed by atoms with Crippen LogP contribution in [-0.4, -0.2) is 0 Å². The van der Waals surface area contributed by atoms with Crippen molar-refractivity contribution in [2.45, 2.75) is 0 Å². The summed E-state index contributed by atoms with van der Waals surface area (Å²) in [7, 11) is -12.9. The average molecular weight is 1830 g/mol. The quantitative estimate of drug-likeness (QED) is 0.134. The largest absolute Gasteiger partial charge is 0.456 e. The molecule has 0 aliphatic carbocycles. The van der Waals surface area contributed by atoms with E-state index < -0.39 is 28.6 Å². The molecule has 0 aromatic heterocycles. The Morgan fingerprint density at radius 3 is 0.559 bits per heavy atom. The molecule has 3 atom stereocenters. The van der Waals surface area contributed by atoms with E-state index in [0.29, 0.717) is 145 Å². The van der Waals surface area contributed by atoms with Crippen molar-refractivity contribution in [3.05, 3.63) is 461 Å². The smallest absolute Gasteiger partial charge is 0.185 e. The van der Waals surface area contributed by atoms with Gasteiger partial charge in [-0.1, -0.05) is 315 Å². The summed E-state index contributed by atoms with van der Waals surface area (Å²) in [5.74, 6) is 9.79. The summed E-state index contributed by atoms with van der Waals surface area (Å²) in [6.45, 7) is 0. The molecule has 8 aliphatic heterocycles. The maximum Gasteiger partial charge on any atom is 0.185 e. The Bertz CT molecular complexity index is 8340. The molecule has 16 heteroatoms. The van der Waals surface area contributed by atoms with E-state index in [0.717, 1.165) is 99.6 Å². The molecule has 0 saturated carbocycles. The standard InChI is InChI=1S/C36H23O3P.2C30H19O3P.C24H15O3P/c37-40-34-22-27(24-10-4-1-5-11-24)16-18-30(34)38-32-20-29(26-14-8-3-9-15-26)21-33(36(32)40)39-31-19-17-28(23-35(31)40)25-12-6-2-7-13-25;31-34-28-14-8-7-13-24(28)32-26-17-23(21-11-5-2-6-12-21)18-27(30(26)34)33-25-16-15-22(19-29(25)34)20-9-3-1-4-10-20;31-34-28-14-8-7-13-24(28)32-26-18-23(21-11-5-2-6-12-21)19-27(30(26)34)33-25-17-22(15-16-29(25)34)20-9-3-1-4-10-20;25-28-22-12-5-4-9-18(22)26-19-10-6-11-20(24(19)28)27-21-15-17(13-14-23(21)28)16-7-2-1-3-8-16/h1-23H;2*1-19H;1-15H. The lowest BCUT2D eigenvalue weighted by molar-refractivity contribution is 0.461. The van der Waals surface area contributed by atoms with Crippen LogP contribution in [0.4, 0.5) is 0 Å². The van der Waals surface area contributed by atoms with Gasteiger partial charge in [-0.3, -0.25) is 0 Å². The van der Waals surface area contributed by atoms with E-state index in [-0.39, 0.29) is 0 Å². The Labute approximate surface area is 785 Å². The first-order valence-corrected chi connectivity index (χ1v) is 51.7. The molecule has 648 valence electrons. The highest BCUT2D eigenvalue weighted by atomic mass is 31.2. The molecule has 136 heavy (non-hydrogen) atoms. The molecule has 20 aromatic rings. The van der Waals surface area contributed by atoms with Gasteiger partial charge in [0.25, 0.3) is 0 Å². The zero-order chi connectivity index (χ0) is 90.8. The van der Waals surface area contributed by atoms with Crippen LogP contribution in [-0.2, 0) is 18.3 Å². The van der Waals surface area contributed by atoms with Gasteiger partial charge in [0.1, 0.15) is 113 Å². The van der Waals surface area contributed by atoms with Gasteiger partial charge in [0.05, 0.1) is 42.4 Å². The molecule has 8 aliphatic rings. The van der Waals surface area contributed by atoms with Crippen LogP contribution in [0.2, 0.25) is 0 Å². The van der Waals surface area contributed by atoms with Crippen LogP contribution in [0.1, 0.15) is 0 Å². The third-order valence-electron chi connectivity index (χ3n) is 26.1. The summed E-state index contributed by atoms with van der Waals surface area (Å²) in [6.07, 6.45) is 0. The fourth-order valence-corrected chi connectivity index (χ4v) is 31.9. The van der Waals surface area contributed by atoms with E-state index in [4.69, 9.17) is 37.9 Å². The minimum absolute atomic E-state index is 0.579. The second-order valence-corrected chi connectivity index (χ2v) is 44.6. The number of hydrogen-bond donors (Lipinski definition) is 0. The van der Waals surface area contributed by atoms with Crippen LogP contribution in [0.15, 0.2) is 461 Å². The number of benzene rings is 20. The van der Waals surface area contributed by atoms with Crippen molar-refractivity contribution in [1.82, 2.24) is 0 Å². The molecule has 3 unspecified atom stereocenters. The average Bonchev–Trinajstić information content (AvgIpc) is 0.723. The highest BCUT2D eigenvalue weighted by molar-refractivity contribution is 7.87. The van der Waals surface area contributed by atoms with E-state index >= 15 is 13.7 Å². The van der Waals surface area contributed by atoms with Gasteiger partial charge in [-0.15, -0.1) is 0 Å². The van der Waals surface area contributed by atoms with Crippen LogP contribution in [0.5, 0.6) is 92.0 Å². The van der Waals surface area contributed by atoms with Gasteiger partial charge in [0.15, 0.2) is 28.6 Å². The van der Waals surface area contributed by atoms with Gasteiger partial charge >= 0.3 is 0 Å². The second kappa shape index (κ2) is 32.9. The summed E-state index contributed by atoms with van der Waals surface area (Å²) in [4.78, 5) is 0. The highest BCUT2D eigenvalue weighted by Gasteiger charge is 2.52. The molecule has 12 nitrogen and oxygen atoms in total. The number of para-hydroxylation sites is 3. The van der Waals surface area contributed by atoms with Gasteiger partial charge in [-0.2, -0.15) is 0 Å². The first kappa shape index (κ1) is 81.7. The van der Waals surface area contributed by atoms with E-state index in [1.165, 1.54) is 0 Å². The van der Waals surface area contributed by atoms with Crippen molar-refractivity contribution in [1.29, 1.82) is 0 Å². The molecule has 0 saturated heterocycles. The van der Waals surface area contributed by atoms with Crippen molar-refractivity contribution < 1.29 is 56.2 Å². The third-order valence-corrected chi connectivity index (χ3v) is 38.7. The first-order valence-electron chi connectivity index (χ1n) is 44.8. The summed E-state index contributed by atoms with van der Waals surface area (Å²) in [6, 6.07) is 151. The Hall–Kier alpha value is -16.3. The number of ether oxygens (including phenoxy) is 8. The third kappa shape index (κ3) is 13.6. The SMILES string of the molecule is O=P12c3cc(-c4ccccc4)ccc3Oc3cc(-c4ccccc4)cc(c31)Oc1ccc(-c3ccccc3)cc12.O=P12c3ccccc3Oc3cc(-c4ccccc4)cc(c31)Oc1cc(-c3ccccc3)ccc12.O=P12c3ccccc3Oc3cc(-c4ccccc4)cc(c31)Oc1ccc(-c3ccccc3)cc12.O=P12c3ccccc3Oc3cccc(c31)Oc1cc(-c3ccccc3)ccc12. The van der Waals surface area contributed by atoms with E-state index in [1.807, 2.05) is 376 Å². The molecule has 28 rings (SSSR count). The molecule has 20 aromatic carbocycles. The maximum absolute atomic E-state index is 15.8. The Kier molecular flexibility index (Phi) is 19.7. The number of hydrogen-bond acceptors (Lipinski definition) is 12. The van der Waals surface area contributed by atoms with Gasteiger partial charge in [-0.25, -0.2) is 0 Å². The van der Waals surface area contributed by atoms with Gasteiger partial charge < -0.3 is 56.2 Å². The van der Waals surface area contributed by atoms with Crippen molar-refractivity contribution in [3.63, 3.8) is 0 Å². The van der Waals surface area contributed by atoms with Crippen LogP contribution in [0, 0.1) is 0 Å². The van der Waals surface area contributed by atoms with Crippen molar-refractivity contribution >= 4 is 92.2 Å². The normalized spacial score (nSPS) is 16.2. The molecular formula is C120H76O12P4. The molecular weight excluding hydrogens is 1760 g/mol. The van der Waals surface area contributed by atoms with Crippen molar-refractivity contribution in [2.75, 3.05) is 0 Å². The molecule has 0 spiro atoms. The van der Waals surface area contributed by atoms with Crippen LogP contribution in [0.25, 0.3) is 89.0 Å². The van der Waals surface area contributed by atoms with Crippen LogP contribution < -0.4 is 102 Å². The zero-order valence-corrected chi connectivity index (χ0v) is 76.1. The van der Waals surface area contributed by atoms with E-state index in [1.54, 1.807) is 0 Å². The molecule has 0 radical (unpaired) electrons.